The molecule has 1 amide bonds. The van der Waals surface area contributed by atoms with E-state index >= 15 is 0 Å². The Morgan fingerprint density at radius 2 is 2.00 bits per heavy atom. The molecule has 0 aliphatic rings. The molecule has 2 N–H and O–H groups in total. The summed E-state index contributed by atoms with van der Waals surface area (Å²) in [5.41, 5.74) is -0.462. The third-order valence-electron chi connectivity index (χ3n) is 2.75. The van der Waals surface area contributed by atoms with Gasteiger partial charge in [-0.1, -0.05) is 6.07 Å². The van der Waals surface area contributed by atoms with Crippen LogP contribution in [-0.2, 0) is 20.7 Å². The van der Waals surface area contributed by atoms with Crippen LogP contribution in [0.2, 0.25) is 0 Å². The average molecular weight is 392 g/mol. The first-order valence-corrected chi connectivity index (χ1v) is 7.57. The Kier molecular flexibility index (Phi) is 6.37. The van der Waals surface area contributed by atoms with E-state index in [4.69, 9.17) is 4.74 Å². The number of methoxy groups -OCH3 is 1. The summed E-state index contributed by atoms with van der Waals surface area (Å²) in [5, 5.41) is 12.3. The van der Waals surface area contributed by atoms with Gasteiger partial charge in [0.15, 0.2) is 0 Å². The lowest BCUT2D eigenvalue weighted by Gasteiger charge is -2.23. The van der Waals surface area contributed by atoms with Crippen molar-refractivity contribution in [1.82, 2.24) is 5.32 Å². The molecule has 1 aromatic carbocycles. The Morgan fingerprint density at radius 3 is 2.52 bits per heavy atom. The van der Waals surface area contributed by atoms with Crippen molar-refractivity contribution in [2.75, 3.05) is 7.11 Å². The van der Waals surface area contributed by atoms with Gasteiger partial charge >= 0.3 is 12.1 Å². The summed E-state index contributed by atoms with van der Waals surface area (Å²) in [6.07, 6.45) is -0.884. The third kappa shape index (κ3) is 5.70. The highest BCUT2D eigenvalue weighted by atomic mass is 79.9. The number of benzene rings is 1. The number of phenolic OH excluding ortho intramolecular Hbond substituents is 1. The zero-order valence-corrected chi connectivity index (χ0v) is 14.9. The molecular formula is C15H19BrFNO5. The van der Waals surface area contributed by atoms with Crippen molar-refractivity contribution in [3.8, 4) is 5.75 Å². The first kappa shape index (κ1) is 19.2. The molecule has 6 nitrogen and oxygen atoms in total. The quantitative estimate of drug-likeness (QED) is 0.770. The van der Waals surface area contributed by atoms with Gasteiger partial charge in [0.25, 0.3) is 0 Å². The van der Waals surface area contributed by atoms with Crippen molar-refractivity contribution in [2.24, 2.45) is 0 Å². The van der Waals surface area contributed by atoms with Gasteiger partial charge in [-0.15, -0.1) is 0 Å². The molecule has 0 saturated heterocycles. The smallest absolute Gasteiger partial charge is 0.408 e. The van der Waals surface area contributed by atoms with Gasteiger partial charge in [-0.3, -0.25) is 0 Å². The highest BCUT2D eigenvalue weighted by molar-refractivity contribution is 9.10. The lowest BCUT2D eigenvalue weighted by Crippen LogP contribution is -2.45. The monoisotopic (exact) mass is 391 g/mol. The van der Waals surface area contributed by atoms with E-state index in [0.29, 0.717) is 0 Å². The second-order valence-corrected chi connectivity index (χ2v) is 6.59. The molecule has 128 valence electrons. The van der Waals surface area contributed by atoms with E-state index in [1.165, 1.54) is 13.2 Å². The standard InChI is InChI=1S/C15H19BrFNO5/c1-15(2,3)23-14(21)18-10(13(20)22-4)7-8-5-6-9(17)11(16)12(8)19/h5-6,10,19H,7H2,1-4H3,(H,18,21)/t10-/m0/s1. The summed E-state index contributed by atoms with van der Waals surface area (Å²) in [6.45, 7) is 5.05. The normalized spacial score (nSPS) is 12.4. The summed E-state index contributed by atoms with van der Waals surface area (Å²) in [4.78, 5) is 23.6. The van der Waals surface area contributed by atoms with E-state index in [0.717, 1.165) is 6.07 Å². The van der Waals surface area contributed by atoms with E-state index in [9.17, 15) is 19.1 Å². The van der Waals surface area contributed by atoms with Crippen molar-refractivity contribution in [1.29, 1.82) is 0 Å². The van der Waals surface area contributed by atoms with Gasteiger partial charge in [0.1, 0.15) is 23.2 Å². The molecule has 0 aliphatic heterocycles. The molecule has 0 aliphatic carbocycles. The maximum absolute atomic E-state index is 13.3. The second-order valence-electron chi connectivity index (χ2n) is 5.80. The van der Waals surface area contributed by atoms with Gasteiger partial charge < -0.3 is 19.9 Å². The first-order valence-electron chi connectivity index (χ1n) is 6.78. The molecule has 0 aromatic heterocycles. The number of amides is 1. The molecule has 0 heterocycles. The second kappa shape index (κ2) is 7.63. The molecule has 0 bridgehead atoms. The van der Waals surface area contributed by atoms with Crippen LogP contribution >= 0.6 is 15.9 Å². The number of halogens is 2. The van der Waals surface area contributed by atoms with Gasteiger partial charge in [0.2, 0.25) is 0 Å². The molecular weight excluding hydrogens is 373 g/mol. The maximum Gasteiger partial charge on any atom is 0.408 e. The lowest BCUT2D eigenvalue weighted by molar-refractivity contribution is -0.143. The Labute approximate surface area is 142 Å². The maximum atomic E-state index is 13.3. The first-order chi connectivity index (χ1) is 10.5. The van der Waals surface area contributed by atoms with Crippen LogP contribution in [0.5, 0.6) is 5.75 Å². The highest BCUT2D eigenvalue weighted by Crippen LogP contribution is 2.31. The molecule has 0 fully saturated rings. The van der Waals surface area contributed by atoms with Gasteiger partial charge in [0, 0.05) is 6.42 Å². The summed E-state index contributed by atoms with van der Waals surface area (Å²) >= 11 is 2.91. The van der Waals surface area contributed by atoms with Crippen LogP contribution < -0.4 is 5.32 Å². The Balaban J connectivity index is 2.94. The van der Waals surface area contributed by atoms with Crippen LogP contribution in [0.1, 0.15) is 26.3 Å². The van der Waals surface area contributed by atoms with E-state index < -0.39 is 29.5 Å². The SMILES string of the molecule is COC(=O)[C@H](Cc1ccc(F)c(Br)c1O)NC(=O)OC(C)(C)C. The molecule has 0 unspecified atom stereocenters. The van der Waals surface area contributed by atoms with Crippen molar-refractivity contribution < 1.29 is 28.6 Å². The van der Waals surface area contributed by atoms with E-state index in [1.54, 1.807) is 20.8 Å². The van der Waals surface area contributed by atoms with Crippen molar-refractivity contribution in [3.63, 3.8) is 0 Å². The van der Waals surface area contributed by atoms with Gasteiger partial charge in [-0.2, -0.15) is 0 Å². The number of phenols is 1. The zero-order chi connectivity index (χ0) is 17.8. The number of carbonyl (C=O) groups is 2. The summed E-state index contributed by atoms with van der Waals surface area (Å²) in [5.74, 6) is -1.69. The molecule has 8 heteroatoms. The number of nitrogens with one attached hydrogen (secondary N) is 1. The number of hydrogen-bond donors (Lipinski definition) is 2. The van der Waals surface area contributed by atoms with E-state index in [-0.39, 0.29) is 22.2 Å². The number of esters is 1. The fourth-order valence-electron chi connectivity index (χ4n) is 1.75. The van der Waals surface area contributed by atoms with E-state index in [2.05, 4.69) is 26.0 Å². The summed E-state index contributed by atoms with van der Waals surface area (Å²) in [7, 11) is 1.17. The Bertz CT molecular complexity index is 600. The van der Waals surface area contributed by atoms with Gasteiger partial charge in [0.05, 0.1) is 11.6 Å². The highest BCUT2D eigenvalue weighted by Gasteiger charge is 2.26. The fraction of sp³-hybridized carbons (Fsp3) is 0.467. The molecule has 0 saturated carbocycles. The Morgan fingerprint density at radius 1 is 1.39 bits per heavy atom. The fourth-order valence-corrected chi connectivity index (χ4v) is 2.14. The van der Waals surface area contributed by atoms with Crippen LogP contribution in [0.4, 0.5) is 9.18 Å². The van der Waals surface area contributed by atoms with Crippen LogP contribution in [0.15, 0.2) is 16.6 Å². The van der Waals surface area contributed by atoms with Crippen LogP contribution in [0.25, 0.3) is 0 Å². The number of hydrogen-bond acceptors (Lipinski definition) is 5. The molecule has 1 aromatic rings. The van der Waals surface area contributed by atoms with Crippen LogP contribution in [0, 0.1) is 5.82 Å². The minimum Gasteiger partial charge on any atom is -0.506 e. The predicted molar refractivity (Wildman–Crippen MR) is 84.6 cm³/mol. The summed E-state index contributed by atoms with van der Waals surface area (Å²) < 4.78 is 22.9. The minimum absolute atomic E-state index is 0.0867. The largest absolute Gasteiger partial charge is 0.506 e. The molecule has 1 rings (SSSR count). The number of rotatable bonds is 4. The summed E-state index contributed by atoms with van der Waals surface area (Å²) in [6, 6.07) is 1.38. The minimum atomic E-state index is -1.09. The molecule has 23 heavy (non-hydrogen) atoms. The van der Waals surface area contributed by atoms with E-state index in [1.807, 2.05) is 0 Å². The average Bonchev–Trinajstić information content (AvgIpc) is 2.44. The zero-order valence-electron chi connectivity index (χ0n) is 13.3. The van der Waals surface area contributed by atoms with Gasteiger partial charge in [-0.05, 0) is 48.3 Å². The van der Waals surface area contributed by atoms with Crippen molar-refractivity contribution >= 4 is 28.0 Å². The lowest BCUT2D eigenvalue weighted by atomic mass is 10.0. The van der Waals surface area contributed by atoms with Crippen molar-refractivity contribution in [2.45, 2.75) is 38.8 Å². The Hall–Kier alpha value is -1.83. The number of alkyl carbamates (subject to hydrolysis) is 1. The van der Waals surface area contributed by atoms with Crippen molar-refractivity contribution in [3.05, 3.63) is 28.0 Å². The number of aromatic hydroxyl groups is 1. The topological polar surface area (TPSA) is 84.9 Å². The molecule has 1 atom stereocenters. The van der Waals surface area contributed by atoms with Crippen LogP contribution in [0.3, 0.4) is 0 Å². The number of ether oxygens (including phenoxy) is 2. The van der Waals surface area contributed by atoms with Gasteiger partial charge in [-0.25, -0.2) is 14.0 Å². The number of carbonyl (C=O) groups excluding carboxylic acids is 2. The molecule has 0 spiro atoms. The van der Waals surface area contributed by atoms with Crippen LogP contribution in [-0.4, -0.2) is 35.9 Å². The molecule has 0 radical (unpaired) electrons. The predicted octanol–water partition coefficient (Wildman–Crippen LogP) is 2.90. The third-order valence-corrected chi connectivity index (χ3v) is 3.51.